The van der Waals surface area contributed by atoms with Crippen LogP contribution >= 0.6 is 0 Å². The predicted molar refractivity (Wildman–Crippen MR) is 136 cm³/mol. The normalized spacial score (nSPS) is 13.8. The minimum Gasteiger partial charge on any atom is -0.472 e. The summed E-state index contributed by atoms with van der Waals surface area (Å²) in [7, 11) is 0. The highest BCUT2D eigenvalue weighted by Crippen LogP contribution is 2.34. The molecule has 0 aromatic carbocycles. The molecule has 9 heteroatoms. The number of nitrogens with one attached hydrogen (secondary N) is 3. The molecule has 1 aliphatic rings. The van der Waals surface area contributed by atoms with Gasteiger partial charge in [-0.25, -0.2) is 9.97 Å². The number of carbonyl (C=O) groups is 1. The van der Waals surface area contributed by atoms with Crippen LogP contribution in [-0.4, -0.2) is 36.0 Å². The maximum Gasteiger partial charge on any atom is 0.227 e. The minimum atomic E-state index is 0.0631. The molecule has 6 aromatic heterocycles. The average Bonchev–Trinajstić information content (AvgIpc) is 3.61. The number of H-pyrrole nitrogens is 2. The van der Waals surface area contributed by atoms with E-state index in [0.717, 1.165) is 69.3 Å². The van der Waals surface area contributed by atoms with E-state index in [1.54, 1.807) is 37.3 Å². The molecule has 0 radical (unpaired) electrons. The van der Waals surface area contributed by atoms with Crippen molar-refractivity contribution < 1.29 is 9.21 Å². The van der Waals surface area contributed by atoms with Gasteiger partial charge in [-0.05, 0) is 48.7 Å². The third-order valence-corrected chi connectivity index (χ3v) is 6.85. The first-order chi connectivity index (χ1) is 17.7. The fourth-order valence-corrected chi connectivity index (χ4v) is 4.67. The number of amides is 1. The number of hydrogen-bond acceptors (Lipinski definition) is 6. The molecular weight excluding hydrogens is 454 g/mol. The lowest BCUT2D eigenvalue weighted by molar-refractivity contribution is -0.122. The molecule has 1 amide bonds. The topological polar surface area (TPSA) is 125 Å². The standard InChI is InChI=1S/C27H21N7O2/c35-27(15-2-1-3-15)31-19-8-17(11-28-13-19)18-9-22-24(33-34-26(22)30-12-18)23-10-21-20(16-5-7-36-14-16)4-6-29-25(21)32-23/h4-15H,1-3H2,(H,29,32)(H,31,35)(H,30,33,34). The SMILES string of the molecule is O=C(Nc1cncc(-c2cnc3[nH]nc(-c4cc5c(-c6ccoc6)ccnc5[nH]4)c3c2)c1)C1CCC1. The lowest BCUT2D eigenvalue weighted by atomic mass is 9.85. The number of fused-ring (bicyclic) bond motifs is 2. The largest absolute Gasteiger partial charge is 0.472 e. The third kappa shape index (κ3) is 3.44. The van der Waals surface area contributed by atoms with E-state index in [0.29, 0.717) is 11.3 Å². The Balaban J connectivity index is 1.26. The average molecular weight is 476 g/mol. The van der Waals surface area contributed by atoms with E-state index in [1.807, 2.05) is 30.3 Å². The van der Waals surface area contributed by atoms with Crippen molar-refractivity contribution in [2.45, 2.75) is 19.3 Å². The second kappa shape index (κ2) is 8.16. The second-order valence-corrected chi connectivity index (χ2v) is 9.09. The van der Waals surface area contributed by atoms with E-state index < -0.39 is 0 Å². The van der Waals surface area contributed by atoms with Gasteiger partial charge in [0, 0.05) is 52.0 Å². The minimum absolute atomic E-state index is 0.0631. The van der Waals surface area contributed by atoms with Crippen molar-refractivity contribution in [2.75, 3.05) is 5.32 Å². The van der Waals surface area contributed by atoms with Gasteiger partial charge < -0.3 is 14.7 Å². The Hall–Kier alpha value is -4.79. The number of aromatic amines is 2. The van der Waals surface area contributed by atoms with Crippen molar-refractivity contribution in [1.29, 1.82) is 0 Å². The summed E-state index contributed by atoms with van der Waals surface area (Å²) in [4.78, 5) is 29.2. The zero-order chi connectivity index (χ0) is 24.1. The molecular formula is C27H21N7O2. The quantitative estimate of drug-likeness (QED) is 0.300. The molecule has 1 fully saturated rings. The van der Waals surface area contributed by atoms with E-state index in [-0.39, 0.29) is 11.8 Å². The van der Waals surface area contributed by atoms with Crippen LogP contribution in [0.2, 0.25) is 0 Å². The van der Waals surface area contributed by atoms with Crippen molar-refractivity contribution in [2.24, 2.45) is 5.92 Å². The number of pyridine rings is 3. The predicted octanol–water partition coefficient (Wildman–Crippen LogP) is 5.56. The first kappa shape index (κ1) is 20.6. The van der Waals surface area contributed by atoms with Crippen LogP contribution in [-0.2, 0) is 4.79 Å². The number of hydrogen-bond donors (Lipinski definition) is 3. The van der Waals surface area contributed by atoms with Crippen molar-refractivity contribution in [3.05, 3.63) is 67.6 Å². The van der Waals surface area contributed by atoms with E-state index in [2.05, 4.69) is 35.5 Å². The number of rotatable bonds is 5. The van der Waals surface area contributed by atoms with Crippen LogP contribution in [0, 0.1) is 5.92 Å². The van der Waals surface area contributed by atoms with E-state index in [4.69, 9.17) is 4.42 Å². The Morgan fingerprint density at radius 3 is 2.72 bits per heavy atom. The summed E-state index contributed by atoms with van der Waals surface area (Å²) in [5.74, 6) is 0.174. The lowest BCUT2D eigenvalue weighted by Gasteiger charge is -2.24. The summed E-state index contributed by atoms with van der Waals surface area (Å²) >= 11 is 0. The number of anilines is 1. The molecule has 0 unspecified atom stereocenters. The summed E-state index contributed by atoms with van der Waals surface area (Å²) in [6.07, 6.45) is 13.4. The van der Waals surface area contributed by atoms with Crippen LogP contribution in [0.3, 0.4) is 0 Å². The zero-order valence-electron chi connectivity index (χ0n) is 19.2. The van der Waals surface area contributed by atoms with Gasteiger partial charge in [0.05, 0.1) is 30.1 Å². The molecule has 0 saturated heterocycles. The molecule has 0 spiro atoms. The molecule has 1 saturated carbocycles. The monoisotopic (exact) mass is 475 g/mol. The number of furan rings is 1. The van der Waals surface area contributed by atoms with Crippen molar-refractivity contribution in [3.63, 3.8) is 0 Å². The Morgan fingerprint density at radius 2 is 1.89 bits per heavy atom. The van der Waals surface area contributed by atoms with Crippen molar-refractivity contribution in [1.82, 2.24) is 30.1 Å². The van der Waals surface area contributed by atoms with Crippen LogP contribution in [0.5, 0.6) is 0 Å². The second-order valence-electron chi connectivity index (χ2n) is 9.09. The summed E-state index contributed by atoms with van der Waals surface area (Å²) in [5.41, 5.74) is 7.47. The maximum absolute atomic E-state index is 12.4. The Kier molecular flexibility index (Phi) is 4.66. The summed E-state index contributed by atoms with van der Waals surface area (Å²) in [6.45, 7) is 0. The Labute approximate surface area is 205 Å². The van der Waals surface area contributed by atoms with E-state index in [9.17, 15) is 4.79 Å². The molecule has 0 aliphatic heterocycles. The molecule has 0 bridgehead atoms. The van der Waals surface area contributed by atoms with Gasteiger partial charge in [0.15, 0.2) is 5.65 Å². The van der Waals surface area contributed by atoms with Crippen LogP contribution in [0.25, 0.3) is 55.7 Å². The Bertz CT molecular complexity index is 1730. The third-order valence-electron chi connectivity index (χ3n) is 6.85. The van der Waals surface area contributed by atoms with Crippen LogP contribution in [0.1, 0.15) is 19.3 Å². The highest BCUT2D eigenvalue weighted by molar-refractivity contribution is 6.00. The van der Waals surface area contributed by atoms with Gasteiger partial charge in [-0.1, -0.05) is 6.42 Å². The maximum atomic E-state index is 12.4. The van der Waals surface area contributed by atoms with Gasteiger partial charge >= 0.3 is 0 Å². The van der Waals surface area contributed by atoms with Crippen molar-refractivity contribution in [3.8, 4) is 33.6 Å². The van der Waals surface area contributed by atoms with Gasteiger partial charge in [-0.3, -0.25) is 14.9 Å². The lowest BCUT2D eigenvalue weighted by Crippen LogP contribution is -2.28. The fraction of sp³-hybridized carbons (Fsp3) is 0.148. The molecule has 6 heterocycles. The highest BCUT2D eigenvalue weighted by Gasteiger charge is 2.25. The first-order valence-electron chi connectivity index (χ1n) is 11.8. The van der Waals surface area contributed by atoms with Crippen LogP contribution < -0.4 is 5.32 Å². The molecule has 9 nitrogen and oxygen atoms in total. The molecule has 36 heavy (non-hydrogen) atoms. The summed E-state index contributed by atoms with van der Waals surface area (Å²) < 4.78 is 5.27. The summed E-state index contributed by atoms with van der Waals surface area (Å²) in [5, 5.41) is 12.4. The molecule has 7 rings (SSSR count). The number of carbonyl (C=O) groups excluding carboxylic acids is 1. The van der Waals surface area contributed by atoms with E-state index in [1.165, 1.54) is 0 Å². The first-order valence-corrected chi connectivity index (χ1v) is 11.8. The Morgan fingerprint density at radius 1 is 0.972 bits per heavy atom. The molecule has 6 aromatic rings. The molecule has 0 atom stereocenters. The smallest absolute Gasteiger partial charge is 0.227 e. The van der Waals surface area contributed by atoms with Crippen molar-refractivity contribution >= 4 is 33.7 Å². The fourth-order valence-electron chi connectivity index (χ4n) is 4.67. The van der Waals surface area contributed by atoms with Gasteiger partial charge in [-0.15, -0.1) is 0 Å². The highest BCUT2D eigenvalue weighted by atomic mass is 16.3. The molecule has 1 aliphatic carbocycles. The van der Waals surface area contributed by atoms with Crippen LogP contribution in [0.15, 0.2) is 72.1 Å². The number of nitrogens with zero attached hydrogens (tertiary/aromatic N) is 4. The van der Waals surface area contributed by atoms with Gasteiger partial charge in [0.1, 0.15) is 11.3 Å². The van der Waals surface area contributed by atoms with E-state index >= 15 is 0 Å². The zero-order valence-corrected chi connectivity index (χ0v) is 19.2. The molecule has 3 N–H and O–H groups in total. The number of aromatic nitrogens is 6. The van der Waals surface area contributed by atoms with Gasteiger partial charge in [0.2, 0.25) is 5.91 Å². The van der Waals surface area contributed by atoms with Crippen LogP contribution in [0.4, 0.5) is 5.69 Å². The van der Waals surface area contributed by atoms with Gasteiger partial charge in [-0.2, -0.15) is 5.10 Å². The summed E-state index contributed by atoms with van der Waals surface area (Å²) in [6, 6.07) is 9.90. The van der Waals surface area contributed by atoms with Gasteiger partial charge in [0.25, 0.3) is 0 Å². The molecule has 176 valence electrons.